The molecule has 1 aliphatic rings. The largest absolute Gasteiger partial charge is 0.486 e. The number of hydrogen-bond donors (Lipinski definition) is 1. The maximum absolute atomic E-state index is 12.5. The Hall–Kier alpha value is -2.24. The van der Waals surface area contributed by atoms with Gasteiger partial charge in [0.2, 0.25) is 11.8 Å². The van der Waals surface area contributed by atoms with Crippen molar-refractivity contribution < 1.29 is 19.1 Å². The zero-order valence-electron chi connectivity index (χ0n) is 15.0. The first kappa shape index (κ1) is 18.1. The van der Waals surface area contributed by atoms with Gasteiger partial charge in [-0.2, -0.15) is 0 Å². The zero-order valence-corrected chi connectivity index (χ0v) is 15.0. The Morgan fingerprint density at radius 2 is 1.83 bits per heavy atom. The van der Waals surface area contributed by atoms with Gasteiger partial charge in [-0.05, 0) is 24.6 Å². The van der Waals surface area contributed by atoms with E-state index in [4.69, 9.17) is 9.47 Å². The maximum atomic E-state index is 12.5. The van der Waals surface area contributed by atoms with Crippen molar-refractivity contribution in [1.82, 2.24) is 10.2 Å². The number of benzene rings is 1. The van der Waals surface area contributed by atoms with Crippen molar-refractivity contribution in [1.29, 1.82) is 0 Å². The van der Waals surface area contributed by atoms with E-state index >= 15 is 0 Å². The number of nitrogens with one attached hydrogen (secondary N) is 1. The van der Waals surface area contributed by atoms with E-state index in [-0.39, 0.29) is 11.8 Å². The number of likely N-dealkylation sites (N-methyl/N-ethyl adjacent to an activating group) is 1. The van der Waals surface area contributed by atoms with E-state index in [0.29, 0.717) is 25.5 Å². The highest BCUT2D eigenvalue weighted by Gasteiger charge is 2.26. The molecule has 6 nitrogen and oxygen atoms in total. The van der Waals surface area contributed by atoms with Gasteiger partial charge in [-0.15, -0.1) is 0 Å². The summed E-state index contributed by atoms with van der Waals surface area (Å²) in [6.07, 6.45) is 0. The highest BCUT2D eigenvalue weighted by molar-refractivity contribution is 5.89. The van der Waals surface area contributed by atoms with Gasteiger partial charge < -0.3 is 19.7 Å². The number of nitrogens with zero attached hydrogens (tertiary/aromatic N) is 1. The van der Waals surface area contributed by atoms with Crippen molar-refractivity contribution in [2.45, 2.75) is 40.3 Å². The van der Waals surface area contributed by atoms with Crippen LogP contribution in [0.15, 0.2) is 18.2 Å². The molecule has 1 heterocycles. The smallest absolute Gasteiger partial charge is 0.244 e. The molecule has 0 bridgehead atoms. The molecular weight excluding hydrogens is 308 g/mol. The van der Waals surface area contributed by atoms with Crippen LogP contribution >= 0.6 is 0 Å². The minimum Gasteiger partial charge on any atom is -0.486 e. The zero-order chi connectivity index (χ0) is 17.9. The first-order chi connectivity index (χ1) is 11.2. The Morgan fingerprint density at radius 3 is 2.46 bits per heavy atom. The summed E-state index contributed by atoms with van der Waals surface area (Å²) >= 11 is 0. The molecular formula is C18H26N2O4. The summed E-state index contributed by atoms with van der Waals surface area (Å²) in [6, 6.07) is 5.08. The van der Waals surface area contributed by atoms with Crippen molar-refractivity contribution in [3.63, 3.8) is 0 Å². The summed E-state index contributed by atoms with van der Waals surface area (Å²) in [7, 11) is 1.72. The molecule has 24 heavy (non-hydrogen) atoms. The number of carbonyl (C=O) groups excluding carboxylic acids is 2. The predicted molar refractivity (Wildman–Crippen MR) is 91.0 cm³/mol. The minimum absolute atomic E-state index is 0.137. The fourth-order valence-electron chi connectivity index (χ4n) is 2.34. The molecule has 2 rings (SSSR count). The first-order valence-corrected chi connectivity index (χ1v) is 8.13. The Morgan fingerprint density at radius 1 is 1.21 bits per heavy atom. The van der Waals surface area contributed by atoms with Crippen LogP contribution in [0.3, 0.4) is 0 Å². The molecule has 1 aromatic rings. The predicted octanol–water partition coefficient (Wildman–Crippen LogP) is 1.97. The van der Waals surface area contributed by atoms with Gasteiger partial charge in [-0.1, -0.05) is 26.8 Å². The Bertz CT molecular complexity index is 622. The lowest BCUT2D eigenvalue weighted by molar-refractivity contribution is -0.137. The lowest BCUT2D eigenvalue weighted by Gasteiger charge is -2.26. The van der Waals surface area contributed by atoms with Crippen molar-refractivity contribution in [2.75, 3.05) is 20.3 Å². The van der Waals surface area contributed by atoms with Gasteiger partial charge in [0.1, 0.15) is 19.3 Å². The molecule has 0 spiro atoms. The van der Waals surface area contributed by atoms with Gasteiger partial charge in [0.25, 0.3) is 0 Å². The highest BCUT2D eigenvalue weighted by Crippen LogP contribution is 2.31. The molecule has 1 aliphatic heterocycles. The van der Waals surface area contributed by atoms with Gasteiger partial charge >= 0.3 is 0 Å². The molecule has 6 heteroatoms. The van der Waals surface area contributed by atoms with Crippen LogP contribution in [-0.2, 0) is 16.1 Å². The van der Waals surface area contributed by atoms with E-state index in [1.165, 1.54) is 0 Å². The van der Waals surface area contributed by atoms with Crippen LogP contribution in [0.1, 0.15) is 33.3 Å². The third kappa shape index (κ3) is 4.40. The van der Waals surface area contributed by atoms with Gasteiger partial charge in [0.05, 0.1) is 0 Å². The number of ether oxygens (including phenoxy) is 2. The van der Waals surface area contributed by atoms with E-state index in [1.807, 2.05) is 39.0 Å². The van der Waals surface area contributed by atoms with Crippen molar-refractivity contribution >= 4 is 11.8 Å². The van der Waals surface area contributed by atoms with Crippen molar-refractivity contribution in [2.24, 2.45) is 5.41 Å². The van der Waals surface area contributed by atoms with Crippen LogP contribution in [0.25, 0.3) is 0 Å². The third-order valence-corrected chi connectivity index (χ3v) is 3.80. The van der Waals surface area contributed by atoms with E-state index < -0.39 is 11.5 Å². The second-order valence-electron chi connectivity index (χ2n) is 7.12. The lowest BCUT2D eigenvalue weighted by Crippen LogP contribution is -2.48. The molecule has 0 fully saturated rings. The molecule has 0 aromatic heterocycles. The van der Waals surface area contributed by atoms with Crippen LogP contribution in [-0.4, -0.2) is 43.0 Å². The summed E-state index contributed by atoms with van der Waals surface area (Å²) in [5, 5.41) is 2.76. The summed E-state index contributed by atoms with van der Waals surface area (Å²) < 4.78 is 11.0. The Kier molecular flexibility index (Phi) is 5.36. The van der Waals surface area contributed by atoms with Crippen LogP contribution in [0, 0.1) is 5.41 Å². The summed E-state index contributed by atoms with van der Waals surface area (Å²) in [6.45, 7) is 8.67. The van der Waals surface area contributed by atoms with Crippen LogP contribution in [0.4, 0.5) is 0 Å². The quantitative estimate of drug-likeness (QED) is 0.914. The summed E-state index contributed by atoms with van der Waals surface area (Å²) in [5.74, 6) is 1.15. The fraction of sp³-hybridized carbons (Fsp3) is 0.556. The number of hydrogen-bond acceptors (Lipinski definition) is 4. The fourth-order valence-corrected chi connectivity index (χ4v) is 2.34. The highest BCUT2D eigenvalue weighted by atomic mass is 16.6. The second-order valence-corrected chi connectivity index (χ2v) is 7.12. The molecule has 1 N–H and O–H groups in total. The van der Waals surface area contributed by atoms with Crippen molar-refractivity contribution in [3.05, 3.63) is 23.8 Å². The average molecular weight is 334 g/mol. The molecule has 0 radical (unpaired) electrons. The Balaban J connectivity index is 1.97. The standard InChI is InChI=1S/C18H26N2O4/c1-12(19-17(22)18(2,3)4)16(21)20(5)11-13-6-7-14-15(10-13)24-9-8-23-14/h6-7,10,12H,8-9,11H2,1-5H3,(H,19,22). The maximum Gasteiger partial charge on any atom is 0.244 e. The van der Waals surface area contributed by atoms with E-state index in [0.717, 1.165) is 11.3 Å². The summed E-state index contributed by atoms with van der Waals surface area (Å²) in [4.78, 5) is 26.1. The summed E-state index contributed by atoms with van der Waals surface area (Å²) in [5.41, 5.74) is 0.424. The number of amides is 2. The van der Waals surface area contributed by atoms with Gasteiger partial charge in [-0.25, -0.2) is 0 Å². The number of carbonyl (C=O) groups is 2. The van der Waals surface area contributed by atoms with Gasteiger partial charge in [0.15, 0.2) is 11.5 Å². The van der Waals surface area contributed by atoms with Crippen LogP contribution in [0.2, 0.25) is 0 Å². The van der Waals surface area contributed by atoms with E-state index in [2.05, 4.69) is 5.32 Å². The third-order valence-electron chi connectivity index (χ3n) is 3.80. The average Bonchev–Trinajstić information content (AvgIpc) is 2.52. The molecule has 2 amide bonds. The van der Waals surface area contributed by atoms with E-state index in [9.17, 15) is 9.59 Å². The minimum atomic E-state index is -0.570. The van der Waals surface area contributed by atoms with Crippen molar-refractivity contribution in [3.8, 4) is 11.5 Å². The first-order valence-electron chi connectivity index (χ1n) is 8.13. The topological polar surface area (TPSA) is 67.9 Å². The number of fused-ring (bicyclic) bond motifs is 1. The van der Waals surface area contributed by atoms with Gasteiger partial charge in [-0.3, -0.25) is 9.59 Å². The lowest BCUT2D eigenvalue weighted by atomic mass is 9.95. The molecule has 0 saturated carbocycles. The SMILES string of the molecule is CC(NC(=O)C(C)(C)C)C(=O)N(C)Cc1ccc2c(c1)OCCO2. The number of rotatable bonds is 4. The van der Waals surface area contributed by atoms with E-state index in [1.54, 1.807) is 18.9 Å². The molecule has 0 aliphatic carbocycles. The normalized spacial score (nSPS) is 14.7. The Labute approximate surface area is 143 Å². The van der Waals surface area contributed by atoms with Crippen LogP contribution < -0.4 is 14.8 Å². The van der Waals surface area contributed by atoms with Gasteiger partial charge in [0, 0.05) is 19.0 Å². The second kappa shape index (κ2) is 7.11. The molecule has 1 unspecified atom stereocenters. The van der Waals surface area contributed by atoms with Crippen LogP contribution in [0.5, 0.6) is 11.5 Å². The molecule has 132 valence electrons. The molecule has 1 aromatic carbocycles. The molecule has 1 atom stereocenters. The molecule has 0 saturated heterocycles. The monoisotopic (exact) mass is 334 g/mol.